The van der Waals surface area contributed by atoms with Crippen LogP contribution in [-0.2, 0) is 4.74 Å². The summed E-state index contributed by atoms with van der Waals surface area (Å²) >= 11 is 5.29. The predicted octanol–water partition coefficient (Wildman–Crippen LogP) is -0.321. The fourth-order valence-electron chi connectivity index (χ4n) is 2.65. The zero-order valence-corrected chi connectivity index (χ0v) is 13.0. The van der Waals surface area contributed by atoms with Crippen LogP contribution < -0.4 is 0 Å². The Bertz CT molecular complexity index is 666. The summed E-state index contributed by atoms with van der Waals surface area (Å²) in [7, 11) is 0. The van der Waals surface area contributed by atoms with Gasteiger partial charge in [-0.25, -0.2) is 0 Å². The van der Waals surface area contributed by atoms with Crippen LogP contribution in [0.5, 0.6) is 0 Å². The Morgan fingerprint density at radius 1 is 1.27 bits per heavy atom. The molecule has 0 bridgehead atoms. The van der Waals surface area contributed by atoms with Crippen LogP contribution in [0.25, 0.3) is 0 Å². The van der Waals surface area contributed by atoms with Crippen molar-refractivity contribution in [3.8, 4) is 6.07 Å². The molecule has 120 valence electrons. The maximum Gasteiger partial charge on any atom is 0.164 e. The number of hydrogen-bond donors (Lipinski definition) is 4. The predicted molar refractivity (Wildman–Crippen MR) is 78.5 cm³/mol. The van der Waals surface area contributed by atoms with E-state index in [0.717, 1.165) is 0 Å². The van der Waals surface area contributed by atoms with Gasteiger partial charge in [0.1, 0.15) is 35.1 Å². The highest BCUT2D eigenvalue weighted by Gasteiger charge is 2.44. The maximum atomic E-state index is 10.2. The van der Waals surface area contributed by atoms with Crippen LogP contribution in [0.2, 0.25) is 0 Å². The smallest absolute Gasteiger partial charge is 0.164 e. The molecule has 1 aromatic heterocycles. The van der Waals surface area contributed by atoms with Crippen LogP contribution in [0.15, 0.2) is 6.07 Å². The molecule has 8 heteroatoms. The summed E-state index contributed by atoms with van der Waals surface area (Å²) in [6.45, 7) is 2.95. The first-order valence-corrected chi connectivity index (χ1v) is 7.17. The van der Waals surface area contributed by atoms with Crippen molar-refractivity contribution in [2.75, 3.05) is 6.61 Å². The van der Waals surface area contributed by atoms with E-state index in [1.165, 1.54) is 4.57 Å². The molecule has 1 aliphatic heterocycles. The highest BCUT2D eigenvalue weighted by molar-refractivity contribution is 7.71. The molecule has 5 atom stereocenters. The zero-order valence-electron chi connectivity index (χ0n) is 12.2. The van der Waals surface area contributed by atoms with Crippen LogP contribution in [-0.4, -0.2) is 56.0 Å². The average molecular weight is 326 g/mol. The summed E-state index contributed by atoms with van der Waals surface area (Å²) in [5.74, 6) is 0. The van der Waals surface area contributed by atoms with Crippen molar-refractivity contribution in [2.24, 2.45) is 0 Å². The van der Waals surface area contributed by atoms with Gasteiger partial charge in [0.15, 0.2) is 6.23 Å². The van der Waals surface area contributed by atoms with Gasteiger partial charge in [0.05, 0.1) is 12.2 Å². The first-order chi connectivity index (χ1) is 10.3. The zero-order chi connectivity index (χ0) is 16.6. The van der Waals surface area contributed by atoms with E-state index >= 15 is 0 Å². The minimum absolute atomic E-state index is 0.171. The van der Waals surface area contributed by atoms with Gasteiger partial charge in [-0.2, -0.15) is 5.26 Å². The van der Waals surface area contributed by atoms with Crippen LogP contribution in [0, 0.1) is 29.8 Å². The second kappa shape index (κ2) is 6.42. The number of rotatable bonds is 2. The molecular formula is C14H18N2O5S. The molecule has 1 aliphatic rings. The Hall–Kier alpha value is -1.34. The fraction of sp³-hybridized carbons (Fsp3) is 0.571. The largest absolute Gasteiger partial charge is 0.394 e. The molecule has 7 nitrogen and oxygen atoms in total. The van der Waals surface area contributed by atoms with Gasteiger partial charge in [0, 0.05) is 5.69 Å². The molecule has 0 spiro atoms. The molecule has 0 saturated carbocycles. The number of nitrogens with zero attached hydrogens (tertiary/aromatic N) is 2. The summed E-state index contributed by atoms with van der Waals surface area (Å²) in [6.07, 6.45) is -6.51. The molecule has 22 heavy (non-hydrogen) atoms. The minimum atomic E-state index is -1.50. The molecule has 2 rings (SSSR count). The van der Waals surface area contributed by atoms with Gasteiger partial charge in [-0.15, -0.1) is 0 Å². The number of aryl methyl sites for hydroxylation is 2. The Morgan fingerprint density at radius 3 is 2.45 bits per heavy atom. The van der Waals surface area contributed by atoms with E-state index in [2.05, 4.69) is 0 Å². The molecule has 4 N–H and O–H groups in total. The third-order valence-electron chi connectivity index (χ3n) is 3.87. The van der Waals surface area contributed by atoms with Gasteiger partial charge >= 0.3 is 0 Å². The summed E-state index contributed by atoms with van der Waals surface area (Å²) in [6, 6.07) is 3.72. The molecule has 2 heterocycles. The Kier molecular flexibility index (Phi) is 4.97. The van der Waals surface area contributed by atoms with Gasteiger partial charge in [-0.1, -0.05) is 12.2 Å². The topological polar surface area (TPSA) is 119 Å². The highest BCUT2D eigenvalue weighted by atomic mass is 32.1. The number of pyridine rings is 1. The monoisotopic (exact) mass is 326 g/mol. The number of nitriles is 1. The Balaban J connectivity index is 2.56. The number of ether oxygens (including phenoxy) is 1. The Morgan fingerprint density at radius 2 is 1.91 bits per heavy atom. The number of aliphatic hydroxyl groups is 4. The second-order valence-electron chi connectivity index (χ2n) is 5.35. The van der Waals surface area contributed by atoms with Gasteiger partial charge in [-0.05, 0) is 25.5 Å². The molecule has 0 amide bonds. The first-order valence-electron chi connectivity index (χ1n) is 6.76. The van der Waals surface area contributed by atoms with Crippen LogP contribution in [0.3, 0.4) is 0 Å². The number of hydrogen-bond acceptors (Lipinski definition) is 7. The summed E-state index contributed by atoms with van der Waals surface area (Å²) in [5.41, 5.74) is 1.61. The second-order valence-corrected chi connectivity index (χ2v) is 5.74. The van der Waals surface area contributed by atoms with E-state index in [9.17, 15) is 25.7 Å². The summed E-state index contributed by atoms with van der Waals surface area (Å²) in [4.78, 5) is 0. The highest BCUT2D eigenvalue weighted by Crippen LogP contribution is 2.30. The maximum absolute atomic E-state index is 10.2. The first kappa shape index (κ1) is 17.0. The quantitative estimate of drug-likeness (QED) is 0.550. The van der Waals surface area contributed by atoms with E-state index in [0.29, 0.717) is 11.3 Å². The SMILES string of the molecule is Cc1cc(C)n([C@H]2O[C@@H](CO)[C@@H](O)[C@@H](O)[C@H]2O)c(=S)c1C#N. The molecule has 1 saturated heterocycles. The van der Waals surface area contributed by atoms with E-state index in [1.807, 2.05) is 6.07 Å². The van der Waals surface area contributed by atoms with Crippen LogP contribution in [0.1, 0.15) is 23.0 Å². The third kappa shape index (κ3) is 2.67. The van der Waals surface area contributed by atoms with E-state index in [1.54, 1.807) is 19.9 Å². The lowest BCUT2D eigenvalue weighted by Gasteiger charge is -2.41. The van der Waals surface area contributed by atoms with E-state index in [-0.39, 0.29) is 10.2 Å². The van der Waals surface area contributed by atoms with E-state index in [4.69, 9.17) is 17.0 Å². The van der Waals surface area contributed by atoms with Crippen molar-refractivity contribution in [2.45, 2.75) is 44.5 Å². The summed E-state index contributed by atoms with van der Waals surface area (Å²) in [5, 5.41) is 48.4. The van der Waals surface area contributed by atoms with Crippen molar-refractivity contribution in [3.05, 3.63) is 27.5 Å². The normalized spacial score (nSPS) is 31.8. The lowest BCUT2D eigenvalue weighted by atomic mass is 9.98. The minimum Gasteiger partial charge on any atom is -0.394 e. The summed E-state index contributed by atoms with van der Waals surface area (Å²) < 4.78 is 7.09. The van der Waals surface area contributed by atoms with E-state index < -0.39 is 37.3 Å². The van der Waals surface area contributed by atoms with Crippen molar-refractivity contribution >= 4 is 12.2 Å². The molecule has 1 aromatic rings. The average Bonchev–Trinajstić information content (AvgIpc) is 2.47. The number of aliphatic hydroxyl groups excluding tert-OH is 4. The fourth-order valence-corrected chi connectivity index (χ4v) is 3.11. The van der Waals surface area contributed by atoms with Crippen molar-refractivity contribution in [1.82, 2.24) is 4.57 Å². The third-order valence-corrected chi connectivity index (χ3v) is 4.27. The van der Waals surface area contributed by atoms with Crippen molar-refractivity contribution in [1.29, 1.82) is 5.26 Å². The lowest BCUT2D eigenvalue weighted by molar-refractivity contribution is -0.252. The van der Waals surface area contributed by atoms with Crippen molar-refractivity contribution < 1.29 is 25.2 Å². The molecule has 0 aromatic carbocycles. The standard InChI is InChI=1S/C14H18N2O5S/c1-6-3-7(2)16(14(22)8(6)4-15)13-12(20)11(19)10(18)9(5-17)21-13/h3,9-13,17-20H,5H2,1-2H3/t9-,10+,11+,12+,13-/m0/s1. The number of aromatic nitrogens is 1. The molecule has 1 fully saturated rings. The van der Waals surface area contributed by atoms with Gasteiger partial charge < -0.3 is 29.7 Å². The molecular weight excluding hydrogens is 308 g/mol. The van der Waals surface area contributed by atoms with Gasteiger partial charge in [0.2, 0.25) is 0 Å². The van der Waals surface area contributed by atoms with Crippen molar-refractivity contribution in [3.63, 3.8) is 0 Å². The molecule has 0 aliphatic carbocycles. The van der Waals surface area contributed by atoms with Gasteiger partial charge in [0.25, 0.3) is 0 Å². The van der Waals surface area contributed by atoms with Crippen LogP contribution in [0.4, 0.5) is 0 Å². The van der Waals surface area contributed by atoms with Gasteiger partial charge in [-0.3, -0.25) is 0 Å². The Labute approximate surface area is 132 Å². The molecule has 0 unspecified atom stereocenters. The lowest BCUT2D eigenvalue weighted by Crippen LogP contribution is -2.56. The molecule has 0 radical (unpaired) electrons. The van der Waals surface area contributed by atoms with Crippen LogP contribution >= 0.6 is 12.2 Å².